The third kappa shape index (κ3) is 16.1. The largest absolute Gasteiger partial charge is 0.345 e. The van der Waals surface area contributed by atoms with Gasteiger partial charge in [-0.2, -0.15) is 0 Å². The SMILES string of the molecule is C#CCNC(=O)CCNCCNCCNCCC(=O)NCC#C. The van der Waals surface area contributed by atoms with Crippen LogP contribution >= 0.6 is 0 Å². The fourth-order valence-corrected chi connectivity index (χ4v) is 1.61. The fourth-order valence-electron chi connectivity index (χ4n) is 1.61. The topological polar surface area (TPSA) is 94.3 Å². The van der Waals surface area contributed by atoms with Gasteiger partial charge in [0.15, 0.2) is 0 Å². The van der Waals surface area contributed by atoms with Crippen LogP contribution in [0.25, 0.3) is 0 Å². The highest BCUT2D eigenvalue weighted by atomic mass is 16.2. The molecule has 0 radical (unpaired) electrons. The van der Waals surface area contributed by atoms with Crippen LogP contribution in [0.3, 0.4) is 0 Å². The first-order valence-electron chi connectivity index (χ1n) is 7.73. The van der Waals surface area contributed by atoms with E-state index in [4.69, 9.17) is 12.8 Å². The van der Waals surface area contributed by atoms with Gasteiger partial charge in [0.25, 0.3) is 0 Å². The van der Waals surface area contributed by atoms with Crippen LogP contribution in [0.4, 0.5) is 0 Å². The van der Waals surface area contributed by atoms with E-state index in [1.165, 1.54) is 0 Å². The van der Waals surface area contributed by atoms with E-state index in [2.05, 4.69) is 38.4 Å². The van der Waals surface area contributed by atoms with Gasteiger partial charge in [0, 0.05) is 52.1 Å². The van der Waals surface area contributed by atoms with Gasteiger partial charge in [-0.15, -0.1) is 12.8 Å². The molecule has 0 fully saturated rings. The number of amides is 2. The van der Waals surface area contributed by atoms with Gasteiger partial charge in [0.05, 0.1) is 13.1 Å². The Kier molecular flexibility index (Phi) is 14.9. The van der Waals surface area contributed by atoms with Crippen molar-refractivity contribution in [3.05, 3.63) is 0 Å². The number of rotatable bonds is 14. The maximum atomic E-state index is 11.2. The molecule has 0 aromatic rings. The van der Waals surface area contributed by atoms with Crippen LogP contribution in [0, 0.1) is 24.7 Å². The van der Waals surface area contributed by atoms with E-state index >= 15 is 0 Å². The Morgan fingerprint density at radius 2 is 1.00 bits per heavy atom. The normalized spacial score (nSPS) is 9.65. The highest BCUT2D eigenvalue weighted by Gasteiger charge is 1.99. The van der Waals surface area contributed by atoms with Crippen molar-refractivity contribution in [1.29, 1.82) is 0 Å². The minimum Gasteiger partial charge on any atom is -0.345 e. The first-order valence-corrected chi connectivity index (χ1v) is 7.73. The molecule has 0 aromatic carbocycles. The molecule has 0 aliphatic carbocycles. The predicted molar refractivity (Wildman–Crippen MR) is 91.5 cm³/mol. The summed E-state index contributed by atoms with van der Waals surface area (Å²) in [6.45, 7) is 5.02. The summed E-state index contributed by atoms with van der Waals surface area (Å²) < 4.78 is 0. The van der Waals surface area contributed by atoms with Crippen molar-refractivity contribution in [2.45, 2.75) is 12.8 Å². The van der Waals surface area contributed by atoms with Crippen molar-refractivity contribution < 1.29 is 9.59 Å². The van der Waals surface area contributed by atoms with E-state index in [0.717, 1.165) is 26.2 Å². The van der Waals surface area contributed by atoms with Crippen molar-refractivity contribution in [3.63, 3.8) is 0 Å². The zero-order valence-electron chi connectivity index (χ0n) is 13.5. The zero-order valence-corrected chi connectivity index (χ0v) is 13.5. The number of terminal acetylenes is 2. The van der Waals surface area contributed by atoms with E-state index in [1.807, 2.05) is 0 Å². The van der Waals surface area contributed by atoms with E-state index < -0.39 is 0 Å². The highest BCUT2D eigenvalue weighted by Crippen LogP contribution is 1.77. The summed E-state index contributed by atoms with van der Waals surface area (Å²) >= 11 is 0. The summed E-state index contributed by atoms with van der Waals surface area (Å²) in [6, 6.07) is 0. The fraction of sp³-hybridized carbons (Fsp3) is 0.625. The van der Waals surface area contributed by atoms with Crippen molar-refractivity contribution in [3.8, 4) is 24.7 Å². The lowest BCUT2D eigenvalue weighted by Crippen LogP contribution is -2.35. The summed E-state index contributed by atoms with van der Waals surface area (Å²) in [5.74, 6) is 4.62. The van der Waals surface area contributed by atoms with Gasteiger partial charge in [-0.3, -0.25) is 9.59 Å². The summed E-state index contributed by atoms with van der Waals surface area (Å²) in [6.07, 6.45) is 10.9. The molecule has 7 nitrogen and oxygen atoms in total. The third-order valence-corrected chi connectivity index (χ3v) is 2.79. The second kappa shape index (κ2) is 16.3. The Bertz CT molecular complexity index is 374. The molecule has 0 bridgehead atoms. The summed E-state index contributed by atoms with van der Waals surface area (Å²) in [4.78, 5) is 22.5. The Morgan fingerprint density at radius 1 is 0.652 bits per heavy atom. The van der Waals surface area contributed by atoms with Crippen molar-refractivity contribution in [2.75, 3.05) is 52.4 Å². The van der Waals surface area contributed by atoms with Gasteiger partial charge in [-0.1, -0.05) is 11.8 Å². The Balaban J connectivity index is 3.19. The van der Waals surface area contributed by atoms with Crippen LogP contribution in [0.5, 0.6) is 0 Å². The van der Waals surface area contributed by atoms with Crippen LogP contribution in [-0.2, 0) is 9.59 Å². The number of nitrogens with one attached hydrogen (secondary N) is 5. The second-order valence-corrected chi connectivity index (χ2v) is 4.71. The van der Waals surface area contributed by atoms with Gasteiger partial charge >= 0.3 is 0 Å². The minimum absolute atomic E-state index is 0.0427. The molecule has 0 rings (SSSR count). The second-order valence-electron chi connectivity index (χ2n) is 4.71. The molecule has 2 amide bonds. The molecular weight excluding hydrogens is 294 g/mol. The molecule has 0 unspecified atom stereocenters. The van der Waals surface area contributed by atoms with Crippen molar-refractivity contribution >= 4 is 11.8 Å². The lowest BCUT2D eigenvalue weighted by molar-refractivity contribution is -0.121. The van der Waals surface area contributed by atoms with Crippen LogP contribution in [0.15, 0.2) is 0 Å². The molecule has 7 heteroatoms. The van der Waals surface area contributed by atoms with Crippen LogP contribution < -0.4 is 26.6 Å². The first-order chi connectivity index (χ1) is 11.2. The lowest BCUT2D eigenvalue weighted by atomic mass is 10.4. The smallest absolute Gasteiger partial charge is 0.222 e. The first kappa shape index (κ1) is 20.9. The monoisotopic (exact) mass is 321 g/mol. The number of hydrogen-bond donors (Lipinski definition) is 5. The number of hydrogen-bond acceptors (Lipinski definition) is 5. The highest BCUT2D eigenvalue weighted by molar-refractivity contribution is 5.76. The zero-order chi connectivity index (χ0) is 17.2. The van der Waals surface area contributed by atoms with Gasteiger partial charge < -0.3 is 26.6 Å². The molecule has 0 aliphatic rings. The molecule has 0 spiro atoms. The van der Waals surface area contributed by atoms with Crippen molar-refractivity contribution in [1.82, 2.24) is 26.6 Å². The van der Waals surface area contributed by atoms with E-state index in [0.29, 0.717) is 25.9 Å². The van der Waals surface area contributed by atoms with Gasteiger partial charge in [-0.05, 0) is 0 Å². The van der Waals surface area contributed by atoms with Gasteiger partial charge in [0.1, 0.15) is 0 Å². The number of carbonyl (C=O) groups is 2. The maximum absolute atomic E-state index is 11.2. The Labute approximate surface area is 138 Å². The average molecular weight is 321 g/mol. The Morgan fingerprint density at radius 3 is 1.35 bits per heavy atom. The van der Waals surface area contributed by atoms with Crippen molar-refractivity contribution in [2.24, 2.45) is 0 Å². The Hall–Kier alpha value is -2.06. The summed E-state index contributed by atoms with van der Waals surface area (Å²) in [5, 5.41) is 14.8. The third-order valence-electron chi connectivity index (χ3n) is 2.79. The molecule has 0 saturated heterocycles. The minimum atomic E-state index is -0.0427. The van der Waals surface area contributed by atoms with Crippen LogP contribution in [0.1, 0.15) is 12.8 Å². The van der Waals surface area contributed by atoms with Crippen LogP contribution in [-0.4, -0.2) is 64.2 Å². The maximum Gasteiger partial charge on any atom is 0.222 e. The molecule has 0 atom stereocenters. The predicted octanol–water partition coefficient (Wildman–Crippen LogP) is -1.97. The number of carbonyl (C=O) groups excluding carboxylic acids is 2. The molecule has 0 aliphatic heterocycles. The van der Waals surface area contributed by atoms with E-state index in [9.17, 15) is 9.59 Å². The van der Waals surface area contributed by atoms with Gasteiger partial charge in [-0.25, -0.2) is 0 Å². The molecule has 0 saturated carbocycles. The van der Waals surface area contributed by atoms with E-state index in [1.54, 1.807) is 0 Å². The lowest BCUT2D eigenvalue weighted by Gasteiger charge is -2.08. The van der Waals surface area contributed by atoms with Crippen LogP contribution in [0.2, 0.25) is 0 Å². The van der Waals surface area contributed by atoms with Gasteiger partial charge in [0.2, 0.25) is 11.8 Å². The quantitative estimate of drug-likeness (QED) is 0.189. The molecule has 23 heavy (non-hydrogen) atoms. The molecule has 0 aromatic heterocycles. The molecule has 128 valence electrons. The molecule has 5 N–H and O–H groups in total. The summed E-state index contributed by atoms with van der Waals surface area (Å²) in [7, 11) is 0. The van der Waals surface area contributed by atoms with E-state index in [-0.39, 0.29) is 24.9 Å². The average Bonchev–Trinajstić information content (AvgIpc) is 2.55. The summed E-state index contributed by atoms with van der Waals surface area (Å²) in [5.41, 5.74) is 0. The molecule has 0 heterocycles. The molecular formula is C16H27N5O2. The standard InChI is InChI=1S/C16H27N5O2/c1-3-7-20-15(22)5-9-17-11-13-19-14-12-18-10-6-16(23)21-8-4-2/h1-2,17-19H,5-14H2,(H,20,22)(H,21,23).